The van der Waals surface area contributed by atoms with Crippen molar-refractivity contribution >= 4 is 51.3 Å². The monoisotopic (exact) mass is 469 g/mol. The Kier molecular flexibility index (Phi) is 6.40. The van der Waals surface area contributed by atoms with E-state index in [2.05, 4.69) is 84.9 Å². The Morgan fingerprint density at radius 3 is 2.56 bits per heavy atom. The molecule has 5 aromatic rings. The lowest BCUT2D eigenvalue weighted by Crippen LogP contribution is -2.15. The molecule has 0 aliphatic carbocycles. The number of para-hydroxylation sites is 2. The number of H-pyrrole nitrogens is 1. The minimum absolute atomic E-state index is 0.644. The van der Waals surface area contributed by atoms with E-state index in [1.54, 1.807) is 6.33 Å². The number of benzene rings is 3. The fourth-order valence-corrected chi connectivity index (χ4v) is 4.49. The van der Waals surface area contributed by atoms with Gasteiger partial charge in [0.2, 0.25) is 0 Å². The molecule has 0 unspecified atom stereocenters. The first kappa shape index (κ1) is 21.9. The van der Waals surface area contributed by atoms with E-state index in [4.69, 9.17) is 12.2 Å². The minimum atomic E-state index is 0.644. The molecular weight excluding hydrogens is 442 g/mol. The van der Waals surface area contributed by atoms with Crippen LogP contribution in [0.5, 0.6) is 0 Å². The van der Waals surface area contributed by atoms with E-state index in [1.165, 1.54) is 5.56 Å². The number of rotatable bonds is 9. The number of nitrogens with zero attached hydrogens (tertiary/aromatic N) is 3. The smallest absolute Gasteiger partial charge is 0.178 e. The van der Waals surface area contributed by atoms with E-state index in [9.17, 15) is 0 Å². The highest BCUT2D eigenvalue weighted by Gasteiger charge is 2.10. The molecule has 8 heteroatoms. The maximum Gasteiger partial charge on any atom is 0.178 e. The van der Waals surface area contributed by atoms with Crippen LogP contribution < -0.4 is 16.0 Å². The van der Waals surface area contributed by atoms with Crippen molar-refractivity contribution in [2.45, 2.75) is 20.0 Å². The highest BCUT2D eigenvalue weighted by atomic mass is 32.1. The molecule has 7 nitrogen and oxygen atoms in total. The summed E-state index contributed by atoms with van der Waals surface area (Å²) in [5.41, 5.74) is 6.34. The highest BCUT2D eigenvalue weighted by Crippen LogP contribution is 2.26. The lowest BCUT2D eigenvalue weighted by atomic mass is 10.1. The molecule has 0 saturated heterocycles. The average molecular weight is 470 g/mol. The summed E-state index contributed by atoms with van der Waals surface area (Å²) in [5, 5.41) is 11.4. The number of anilines is 3. The lowest BCUT2D eigenvalue weighted by molar-refractivity contribution is 0.774. The van der Waals surface area contributed by atoms with Gasteiger partial charge in [-0.25, -0.2) is 9.97 Å². The van der Waals surface area contributed by atoms with Crippen molar-refractivity contribution < 1.29 is 0 Å². The molecule has 5 rings (SSSR count). The Bertz CT molecular complexity index is 1470. The number of aromatic amines is 1. The van der Waals surface area contributed by atoms with E-state index >= 15 is 0 Å². The minimum Gasteiger partial charge on any atom is -0.383 e. The van der Waals surface area contributed by atoms with Gasteiger partial charge in [0.05, 0.1) is 16.6 Å². The van der Waals surface area contributed by atoms with Crippen molar-refractivity contribution in [1.82, 2.24) is 19.5 Å². The summed E-state index contributed by atoms with van der Waals surface area (Å²) in [6.07, 6.45) is 1.60. The van der Waals surface area contributed by atoms with Gasteiger partial charge in [0.25, 0.3) is 0 Å². The number of hydrogen-bond acceptors (Lipinski definition) is 6. The summed E-state index contributed by atoms with van der Waals surface area (Å²) in [6, 6.07) is 22.7. The molecule has 0 aliphatic rings. The van der Waals surface area contributed by atoms with Gasteiger partial charge in [-0.1, -0.05) is 36.4 Å². The number of fused-ring (bicyclic) bond motifs is 2. The van der Waals surface area contributed by atoms with Gasteiger partial charge in [0.1, 0.15) is 12.1 Å². The Labute approximate surface area is 203 Å². The molecule has 0 saturated carbocycles. The van der Waals surface area contributed by atoms with Crippen LogP contribution in [0.15, 0.2) is 73.1 Å². The van der Waals surface area contributed by atoms with Gasteiger partial charge in [0.15, 0.2) is 4.77 Å². The lowest BCUT2D eigenvalue weighted by Gasteiger charge is -2.14. The summed E-state index contributed by atoms with van der Waals surface area (Å²) < 4.78 is 2.80. The van der Waals surface area contributed by atoms with E-state index in [1.807, 2.05) is 24.3 Å². The zero-order valence-corrected chi connectivity index (χ0v) is 19.8. The van der Waals surface area contributed by atoms with Crippen LogP contribution in [0.3, 0.4) is 0 Å². The molecule has 0 radical (unpaired) electrons. The molecule has 4 N–H and O–H groups in total. The Morgan fingerprint density at radius 1 is 0.912 bits per heavy atom. The van der Waals surface area contributed by atoms with Crippen molar-refractivity contribution in [1.29, 1.82) is 0 Å². The molecule has 0 atom stereocenters. The zero-order chi connectivity index (χ0) is 23.3. The predicted octanol–water partition coefficient (Wildman–Crippen LogP) is 5.80. The Hall–Kier alpha value is -3.91. The fourth-order valence-electron chi connectivity index (χ4n) is 4.15. The van der Waals surface area contributed by atoms with Crippen molar-refractivity contribution in [3.63, 3.8) is 0 Å². The van der Waals surface area contributed by atoms with Crippen LogP contribution >= 0.6 is 12.2 Å². The highest BCUT2D eigenvalue weighted by molar-refractivity contribution is 7.71. The second kappa shape index (κ2) is 9.93. The standard InChI is InChI=1S/C26H27N7S/c1-2-33-24-15-22-20(14-23(24)32-26(33)34)25(31-17-30-22)29-16-18-8-6-7-11-21(18)28-13-12-27-19-9-4-3-5-10-19/h3-11,14-15,17,27-28H,2,12-13,16H2,1H3,(H,32,34)(H,29,30,31). The summed E-state index contributed by atoms with van der Waals surface area (Å²) in [7, 11) is 0. The predicted molar refractivity (Wildman–Crippen MR) is 143 cm³/mol. The number of aromatic nitrogens is 4. The molecule has 0 spiro atoms. The van der Waals surface area contributed by atoms with Crippen LogP contribution in [0.2, 0.25) is 0 Å². The van der Waals surface area contributed by atoms with E-state index in [-0.39, 0.29) is 0 Å². The number of imidazole rings is 1. The summed E-state index contributed by atoms with van der Waals surface area (Å²) >= 11 is 5.47. The molecule has 0 bridgehead atoms. The van der Waals surface area contributed by atoms with Crippen molar-refractivity contribution in [2.75, 3.05) is 29.0 Å². The van der Waals surface area contributed by atoms with E-state index < -0.39 is 0 Å². The van der Waals surface area contributed by atoms with Crippen molar-refractivity contribution in [3.8, 4) is 0 Å². The van der Waals surface area contributed by atoms with Crippen LogP contribution in [0.25, 0.3) is 21.9 Å². The number of nitrogens with one attached hydrogen (secondary N) is 4. The third-order valence-corrected chi connectivity index (χ3v) is 6.18. The summed E-state index contributed by atoms with van der Waals surface area (Å²) in [5.74, 6) is 0.802. The topological polar surface area (TPSA) is 82.6 Å². The van der Waals surface area contributed by atoms with Gasteiger partial charge >= 0.3 is 0 Å². The van der Waals surface area contributed by atoms with Crippen LogP contribution in [0.4, 0.5) is 17.2 Å². The first-order valence-corrected chi connectivity index (χ1v) is 11.9. The Balaban J connectivity index is 1.31. The third-order valence-electron chi connectivity index (χ3n) is 5.85. The van der Waals surface area contributed by atoms with Crippen LogP contribution in [-0.2, 0) is 13.1 Å². The molecule has 0 aliphatic heterocycles. The van der Waals surface area contributed by atoms with Crippen LogP contribution in [-0.4, -0.2) is 32.6 Å². The number of aryl methyl sites for hydroxylation is 1. The molecule has 2 aromatic heterocycles. The second-order valence-electron chi connectivity index (χ2n) is 8.01. The normalized spacial score (nSPS) is 11.1. The first-order valence-electron chi connectivity index (χ1n) is 11.4. The third kappa shape index (κ3) is 4.58. The summed E-state index contributed by atoms with van der Waals surface area (Å²) in [4.78, 5) is 12.3. The molecule has 2 heterocycles. The molecule has 3 aromatic carbocycles. The average Bonchev–Trinajstić information content (AvgIpc) is 3.18. The SMILES string of the molecule is CCn1c(=S)[nH]c2cc3c(NCc4ccccc4NCCNc4ccccc4)ncnc3cc21. The van der Waals surface area contributed by atoms with Gasteiger partial charge in [-0.05, 0) is 55.0 Å². The van der Waals surface area contributed by atoms with Gasteiger partial charge in [-0.2, -0.15) is 0 Å². The van der Waals surface area contributed by atoms with Crippen LogP contribution in [0, 0.1) is 4.77 Å². The molecular formula is C26H27N7S. The van der Waals surface area contributed by atoms with E-state index in [0.717, 1.165) is 63.5 Å². The van der Waals surface area contributed by atoms with Gasteiger partial charge in [-0.3, -0.25) is 0 Å². The first-order chi connectivity index (χ1) is 16.7. The van der Waals surface area contributed by atoms with Crippen LogP contribution in [0.1, 0.15) is 12.5 Å². The summed E-state index contributed by atoms with van der Waals surface area (Å²) in [6.45, 7) is 5.19. The molecule has 0 amide bonds. The molecule has 0 fully saturated rings. The quantitative estimate of drug-likeness (QED) is 0.161. The fraction of sp³-hybridized carbons (Fsp3) is 0.192. The zero-order valence-electron chi connectivity index (χ0n) is 19.0. The van der Waals surface area contributed by atoms with Gasteiger partial charge in [-0.15, -0.1) is 0 Å². The van der Waals surface area contributed by atoms with Gasteiger partial charge < -0.3 is 25.5 Å². The van der Waals surface area contributed by atoms with Gasteiger partial charge in [0, 0.05) is 42.9 Å². The van der Waals surface area contributed by atoms with Crippen molar-refractivity contribution in [2.24, 2.45) is 0 Å². The number of hydrogen-bond donors (Lipinski definition) is 4. The second-order valence-corrected chi connectivity index (χ2v) is 8.40. The largest absolute Gasteiger partial charge is 0.383 e. The Morgan fingerprint density at radius 2 is 1.71 bits per heavy atom. The van der Waals surface area contributed by atoms with E-state index in [0.29, 0.717) is 6.54 Å². The van der Waals surface area contributed by atoms with Crippen molar-refractivity contribution in [3.05, 3.63) is 83.4 Å². The maximum absolute atomic E-state index is 5.47. The maximum atomic E-state index is 5.47. The molecule has 34 heavy (non-hydrogen) atoms. The molecule has 172 valence electrons.